The predicted octanol–water partition coefficient (Wildman–Crippen LogP) is 3.51. The van der Waals surface area contributed by atoms with E-state index in [0.29, 0.717) is 17.1 Å². The van der Waals surface area contributed by atoms with Crippen LogP contribution in [-0.4, -0.2) is 6.54 Å². The van der Waals surface area contributed by atoms with Gasteiger partial charge in [0.05, 0.1) is 0 Å². The zero-order chi connectivity index (χ0) is 11.7. The minimum absolute atomic E-state index is 0.294. The van der Waals surface area contributed by atoms with Gasteiger partial charge in [-0.15, -0.1) is 0 Å². The van der Waals surface area contributed by atoms with Crippen molar-refractivity contribution in [2.24, 2.45) is 11.1 Å². The van der Waals surface area contributed by atoms with Gasteiger partial charge in [0.25, 0.3) is 0 Å². The average molecular weight is 230 g/mol. The first kappa shape index (κ1) is 12.5. The Morgan fingerprint density at radius 2 is 1.67 bits per heavy atom. The van der Waals surface area contributed by atoms with Crippen LogP contribution < -0.4 is 5.73 Å². The Morgan fingerprint density at radius 3 is 2.07 bits per heavy atom. The maximum Gasteiger partial charge on any atom is 0.139 e. The van der Waals surface area contributed by atoms with Crippen LogP contribution in [0.1, 0.15) is 26.3 Å². The second-order valence-electron chi connectivity index (χ2n) is 4.60. The Labute approximate surface area is 95.4 Å². The number of benzene rings is 1. The molecule has 0 aliphatic carbocycles. The van der Waals surface area contributed by atoms with Crippen molar-refractivity contribution in [2.45, 2.75) is 26.4 Å². The van der Waals surface area contributed by atoms with Crippen molar-refractivity contribution in [3.63, 3.8) is 0 Å². The average Bonchev–Trinajstić information content (AvgIpc) is 2.18. The van der Waals surface area contributed by atoms with Crippen molar-refractivity contribution in [1.29, 1.82) is 0 Å². The third-order valence-electron chi connectivity index (χ3n) is 3.17. The molecule has 0 heterocycles. The minimum atomic E-state index is -1.45. The first-order valence-corrected chi connectivity index (χ1v) is 5.34. The summed E-state index contributed by atoms with van der Waals surface area (Å²) >= 11 is 5.76. The highest BCUT2D eigenvalue weighted by Gasteiger charge is 2.41. The van der Waals surface area contributed by atoms with Crippen LogP contribution in [0.25, 0.3) is 0 Å². The zero-order valence-corrected chi connectivity index (χ0v) is 10.1. The van der Waals surface area contributed by atoms with Crippen LogP contribution in [0.3, 0.4) is 0 Å². The number of hydrogen-bond acceptors (Lipinski definition) is 1. The number of rotatable bonds is 3. The molecule has 1 unspecified atom stereocenters. The highest BCUT2D eigenvalue weighted by Crippen LogP contribution is 2.42. The summed E-state index contributed by atoms with van der Waals surface area (Å²) in [4.78, 5) is 0. The van der Waals surface area contributed by atoms with Crippen molar-refractivity contribution in [1.82, 2.24) is 0 Å². The Balaban J connectivity index is 3.10. The Bertz CT molecular complexity index is 330. The Kier molecular flexibility index (Phi) is 3.41. The van der Waals surface area contributed by atoms with Crippen molar-refractivity contribution in [3.05, 3.63) is 34.9 Å². The third kappa shape index (κ3) is 2.32. The largest absolute Gasteiger partial charge is 0.330 e. The molecule has 0 saturated carbocycles. The van der Waals surface area contributed by atoms with Gasteiger partial charge in [-0.25, -0.2) is 4.39 Å². The van der Waals surface area contributed by atoms with Gasteiger partial charge in [-0.3, -0.25) is 0 Å². The second kappa shape index (κ2) is 4.11. The van der Waals surface area contributed by atoms with Crippen LogP contribution in [0.15, 0.2) is 24.3 Å². The molecule has 0 bridgehead atoms. The molecule has 0 spiro atoms. The molecule has 2 N–H and O–H groups in total. The van der Waals surface area contributed by atoms with E-state index in [1.54, 1.807) is 31.2 Å². The molecule has 0 radical (unpaired) electrons. The van der Waals surface area contributed by atoms with Gasteiger partial charge in [0.2, 0.25) is 0 Å². The summed E-state index contributed by atoms with van der Waals surface area (Å²) in [5.74, 6) is 0. The highest BCUT2D eigenvalue weighted by atomic mass is 35.5. The number of nitrogens with two attached hydrogens (primary N) is 1. The van der Waals surface area contributed by atoms with Crippen LogP contribution in [0.4, 0.5) is 4.39 Å². The number of alkyl halides is 1. The van der Waals surface area contributed by atoms with Crippen molar-refractivity contribution >= 4 is 11.6 Å². The Morgan fingerprint density at radius 1 is 1.20 bits per heavy atom. The maximum absolute atomic E-state index is 14.6. The summed E-state index contributed by atoms with van der Waals surface area (Å²) in [5.41, 5.74) is 4.16. The lowest BCUT2D eigenvalue weighted by Crippen LogP contribution is -2.41. The monoisotopic (exact) mass is 229 g/mol. The standard InChI is InChI=1S/C12H17ClFN/c1-11(2,8-15)12(3,14)9-4-6-10(13)7-5-9/h4-7H,8,15H2,1-3H3. The summed E-state index contributed by atoms with van der Waals surface area (Å²) in [5, 5.41) is 0.611. The third-order valence-corrected chi connectivity index (χ3v) is 3.42. The van der Waals surface area contributed by atoms with Crippen LogP contribution in [0.5, 0.6) is 0 Å². The topological polar surface area (TPSA) is 26.0 Å². The quantitative estimate of drug-likeness (QED) is 0.844. The predicted molar refractivity (Wildman–Crippen MR) is 62.7 cm³/mol. The summed E-state index contributed by atoms with van der Waals surface area (Å²) in [6.07, 6.45) is 0. The molecular weight excluding hydrogens is 213 g/mol. The molecule has 0 aliphatic heterocycles. The van der Waals surface area contributed by atoms with E-state index in [1.807, 2.05) is 13.8 Å². The lowest BCUT2D eigenvalue weighted by molar-refractivity contribution is 0.0372. The fraction of sp³-hybridized carbons (Fsp3) is 0.500. The molecular formula is C12H17ClFN. The van der Waals surface area contributed by atoms with Gasteiger partial charge in [-0.1, -0.05) is 37.6 Å². The highest BCUT2D eigenvalue weighted by molar-refractivity contribution is 6.30. The lowest BCUT2D eigenvalue weighted by atomic mass is 9.73. The summed E-state index contributed by atoms with van der Waals surface area (Å²) in [6, 6.07) is 6.81. The van der Waals surface area contributed by atoms with Crippen LogP contribution in [-0.2, 0) is 5.67 Å². The van der Waals surface area contributed by atoms with Crippen molar-refractivity contribution in [3.8, 4) is 0 Å². The van der Waals surface area contributed by atoms with Gasteiger partial charge in [0.1, 0.15) is 5.67 Å². The molecule has 1 atom stereocenters. The van der Waals surface area contributed by atoms with Crippen LogP contribution >= 0.6 is 11.6 Å². The molecule has 0 fully saturated rings. The fourth-order valence-electron chi connectivity index (χ4n) is 1.35. The second-order valence-corrected chi connectivity index (χ2v) is 5.03. The number of halogens is 2. The molecule has 0 aliphatic rings. The zero-order valence-electron chi connectivity index (χ0n) is 9.35. The van der Waals surface area contributed by atoms with Gasteiger partial charge in [-0.2, -0.15) is 0 Å². The van der Waals surface area contributed by atoms with E-state index < -0.39 is 11.1 Å². The van der Waals surface area contributed by atoms with E-state index in [1.165, 1.54) is 0 Å². The molecule has 0 aromatic heterocycles. The molecule has 0 saturated heterocycles. The molecule has 1 rings (SSSR count). The van der Waals surface area contributed by atoms with E-state index in [9.17, 15) is 4.39 Å². The molecule has 84 valence electrons. The molecule has 3 heteroatoms. The normalized spacial score (nSPS) is 16.1. The van der Waals surface area contributed by atoms with Gasteiger partial charge in [0, 0.05) is 17.0 Å². The van der Waals surface area contributed by atoms with Crippen molar-refractivity contribution in [2.75, 3.05) is 6.54 Å². The van der Waals surface area contributed by atoms with Gasteiger partial charge in [-0.05, 0) is 24.6 Å². The van der Waals surface area contributed by atoms with Gasteiger partial charge >= 0.3 is 0 Å². The van der Waals surface area contributed by atoms with E-state index in [4.69, 9.17) is 17.3 Å². The summed E-state index contributed by atoms with van der Waals surface area (Å²) in [6.45, 7) is 5.49. The van der Waals surface area contributed by atoms with E-state index in [-0.39, 0.29) is 0 Å². The molecule has 1 aromatic rings. The first-order valence-electron chi connectivity index (χ1n) is 4.96. The van der Waals surface area contributed by atoms with E-state index in [2.05, 4.69) is 0 Å². The maximum atomic E-state index is 14.6. The molecule has 15 heavy (non-hydrogen) atoms. The first-order chi connectivity index (χ1) is 6.81. The Hall–Kier alpha value is -0.600. The van der Waals surface area contributed by atoms with Gasteiger partial charge in [0.15, 0.2) is 0 Å². The molecule has 1 aromatic carbocycles. The van der Waals surface area contributed by atoms with E-state index in [0.717, 1.165) is 0 Å². The van der Waals surface area contributed by atoms with Gasteiger partial charge < -0.3 is 5.73 Å². The SMILES string of the molecule is CC(C)(CN)C(C)(F)c1ccc(Cl)cc1. The lowest BCUT2D eigenvalue weighted by Gasteiger charge is -2.37. The fourth-order valence-corrected chi connectivity index (χ4v) is 1.47. The van der Waals surface area contributed by atoms with E-state index >= 15 is 0 Å². The minimum Gasteiger partial charge on any atom is -0.330 e. The van der Waals surface area contributed by atoms with Crippen LogP contribution in [0.2, 0.25) is 5.02 Å². The number of hydrogen-bond donors (Lipinski definition) is 1. The van der Waals surface area contributed by atoms with Crippen LogP contribution in [0, 0.1) is 5.41 Å². The summed E-state index contributed by atoms with van der Waals surface area (Å²) in [7, 11) is 0. The molecule has 1 nitrogen and oxygen atoms in total. The molecule has 0 amide bonds. The summed E-state index contributed by atoms with van der Waals surface area (Å²) < 4.78 is 14.6. The smallest absolute Gasteiger partial charge is 0.139 e. The van der Waals surface area contributed by atoms with Crippen molar-refractivity contribution < 1.29 is 4.39 Å².